The van der Waals surface area contributed by atoms with Crippen LogP contribution in [0.2, 0.25) is 10.0 Å². The normalized spacial score (nSPS) is 11.2. The minimum atomic E-state index is -0.107. The Labute approximate surface area is 135 Å². The third kappa shape index (κ3) is 2.57. The lowest BCUT2D eigenvalue weighted by Gasteiger charge is -2.01. The number of nitrogens with zero attached hydrogens (tertiary/aromatic N) is 2. The lowest BCUT2D eigenvalue weighted by molar-refractivity contribution is 0.854. The van der Waals surface area contributed by atoms with E-state index in [1.54, 1.807) is 24.3 Å². The van der Waals surface area contributed by atoms with Crippen molar-refractivity contribution in [3.05, 3.63) is 50.4 Å². The number of hydrogen-bond donors (Lipinski definition) is 1. The molecule has 0 amide bonds. The molecule has 3 rings (SSSR count). The van der Waals surface area contributed by atoms with E-state index in [2.05, 4.69) is 10.1 Å². The smallest absolute Gasteiger partial charge is 0.286 e. The van der Waals surface area contributed by atoms with E-state index in [0.717, 1.165) is 17.0 Å². The van der Waals surface area contributed by atoms with Gasteiger partial charge in [0.25, 0.3) is 5.56 Å². The quantitative estimate of drug-likeness (QED) is 0.717. The molecule has 0 aliphatic heterocycles. The first kappa shape index (κ1) is 14.5. The van der Waals surface area contributed by atoms with Crippen LogP contribution >= 0.6 is 35.0 Å². The minimum absolute atomic E-state index is 0.107. The van der Waals surface area contributed by atoms with Crippen molar-refractivity contribution in [1.82, 2.24) is 14.6 Å². The fourth-order valence-electron chi connectivity index (χ4n) is 2.21. The summed E-state index contributed by atoms with van der Waals surface area (Å²) in [6, 6.07) is 7.03. The standard InChI is InChI=1S/C14H11Cl2N3OS/c1-7-13(21-2)14(20)19-12(17-7)6-11(18-19)8-3-9(15)5-10(16)4-8/h3-6,18H,1-2H3. The van der Waals surface area contributed by atoms with Gasteiger partial charge in [0.15, 0.2) is 5.65 Å². The summed E-state index contributed by atoms with van der Waals surface area (Å²) in [6.45, 7) is 1.83. The van der Waals surface area contributed by atoms with Gasteiger partial charge in [0.1, 0.15) is 0 Å². The Balaban J connectivity index is 2.26. The van der Waals surface area contributed by atoms with Crippen molar-refractivity contribution in [3.8, 4) is 11.3 Å². The number of aromatic amines is 1. The summed E-state index contributed by atoms with van der Waals surface area (Å²) in [5, 5.41) is 4.13. The SMILES string of the molecule is CSc1c(C)nc2cc(-c3cc(Cl)cc(Cl)c3)[nH]n2c1=O. The number of H-pyrrole nitrogens is 1. The molecule has 1 N–H and O–H groups in total. The van der Waals surface area contributed by atoms with E-state index in [0.29, 0.717) is 20.6 Å². The second kappa shape index (κ2) is 5.40. The molecule has 0 radical (unpaired) electrons. The van der Waals surface area contributed by atoms with E-state index >= 15 is 0 Å². The van der Waals surface area contributed by atoms with E-state index < -0.39 is 0 Å². The third-order valence-corrected chi connectivity index (χ3v) is 4.44. The summed E-state index contributed by atoms with van der Waals surface area (Å²) in [4.78, 5) is 17.5. The van der Waals surface area contributed by atoms with Crippen LogP contribution in [0.3, 0.4) is 0 Å². The number of aromatic nitrogens is 3. The molecule has 21 heavy (non-hydrogen) atoms. The van der Waals surface area contributed by atoms with Crippen LogP contribution in [0, 0.1) is 6.92 Å². The summed E-state index contributed by atoms with van der Waals surface area (Å²) in [5.74, 6) is 0. The van der Waals surface area contributed by atoms with E-state index in [-0.39, 0.29) is 5.56 Å². The van der Waals surface area contributed by atoms with Gasteiger partial charge < -0.3 is 0 Å². The van der Waals surface area contributed by atoms with Crippen LogP contribution in [-0.2, 0) is 0 Å². The second-order valence-electron chi connectivity index (χ2n) is 4.56. The molecular weight excluding hydrogens is 329 g/mol. The molecule has 2 aromatic heterocycles. The molecule has 2 heterocycles. The molecule has 0 bridgehead atoms. The van der Waals surface area contributed by atoms with Crippen LogP contribution in [0.5, 0.6) is 0 Å². The molecule has 0 saturated carbocycles. The first-order valence-corrected chi connectivity index (χ1v) is 8.10. The monoisotopic (exact) mass is 339 g/mol. The van der Waals surface area contributed by atoms with Gasteiger partial charge in [-0.15, -0.1) is 11.8 Å². The van der Waals surface area contributed by atoms with Crippen molar-refractivity contribution in [2.24, 2.45) is 0 Å². The number of benzene rings is 1. The van der Waals surface area contributed by atoms with Crippen molar-refractivity contribution in [3.63, 3.8) is 0 Å². The first-order valence-electron chi connectivity index (χ1n) is 6.12. The summed E-state index contributed by atoms with van der Waals surface area (Å²) in [7, 11) is 0. The van der Waals surface area contributed by atoms with E-state index in [1.807, 2.05) is 13.2 Å². The molecule has 0 unspecified atom stereocenters. The Kier molecular flexibility index (Phi) is 3.73. The highest BCUT2D eigenvalue weighted by atomic mass is 35.5. The molecule has 0 aliphatic carbocycles. The van der Waals surface area contributed by atoms with Crippen LogP contribution in [0.4, 0.5) is 0 Å². The Bertz CT molecular complexity index is 881. The van der Waals surface area contributed by atoms with Crippen LogP contribution < -0.4 is 5.56 Å². The number of rotatable bonds is 2. The maximum atomic E-state index is 12.4. The van der Waals surface area contributed by atoms with Gasteiger partial charge in [0.2, 0.25) is 0 Å². The first-order chi connectivity index (χ1) is 9.99. The fourth-order valence-corrected chi connectivity index (χ4v) is 3.34. The van der Waals surface area contributed by atoms with Gasteiger partial charge in [-0.1, -0.05) is 23.2 Å². The fraction of sp³-hybridized carbons (Fsp3) is 0.143. The van der Waals surface area contributed by atoms with Gasteiger partial charge in [-0.05, 0) is 31.4 Å². The van der Waals surface area contributed by atoms with Crippen LogP contribution in [0.15, 0.2) is 34.0 Å². The third-order valence-electron chi connectivity index (χ3n) is 3.12. The average molecular weight is 340 g/mol. The summed E-state index contributed by atoms with van der Waals surface area (Å²) < 4.78 is 1.43. The molecule has 3 aromatic rings. The van der Waals surface area contributed by atoms with Crippen LogP contribution in [0.1, 0.15) is 5.69 Å². The molecule has 108 valence electrons. The number of nitrogens with one attached hydrogen (secondary N) is 1. The van der Waals surface area contributed by atoms with Crippen LogP contribution in [0.25, 0.3) is 16.9 Å². The second-order valence-corrected chi connectivity index (χ2v) is 6.25. The minimum Gasteiger partial charge on any atom is -0.289 e. The number of thioether (sulfide) groups is 1. The Morgan fingerprint density at radius 2 is 1.86 bits per heavy atom. The lowest BCUT2D eigenvalue weighted by atomic mass is 10.1. The Morgan fingerprint density at radius 3 is 2.48 bits per heavy atom. The summed E-state index contributed by atoms with van der Waals surface area (Å²) >= 11 is 13.4. The van der Waals surface area contributed by atoms with Gasteiger partial charge in [-0.3, -0.25) is 9.89 Å². The maximum absolute atomic E-state index is 12.4. The molecule has 0 fully saturated rings. The average Bonchev–Trinajstić information content (AvgIpc) is 2.82. The van der Waals surface area contributed by atoms with Crippen molar-refractivity contribution < 1.29 is 0 Å². The number of halogens is 2. The number of aryl methyl sites for hydroxylation is 1. The van der Waals surface area contributed by atoms with E-state index in [9.17, 15) is 4.79 Å². The zero-order valence-electron chi connectivity index (χ0n) is 11.3. The Morgan fingerprint density at radius 1 is 1.19 bits per heavy atom. The molecular formula is C14H11Cl2N3OS. The lowest BCUT2D eigenvalue weighted by Crippen LogP contribution is -2.18. The largest absolute Gasteiger partial charge is 0.289 e. The van der Waals surface area contributed by atoms with Crippen molar-refractivity contribution in [1.29, 1.82) is 0 Å². The maximum Gasteiger partial charge on any atom is 0.286 e. The molecule has 0 aliphatic rings. The summed E-state index contributed by atoms with van der Waals surface area (Å²) in [6.07, 6.45) is 1.86. The molecule has 4 nitrogen and oxygen atoms in total. The van der Waals surface area contributed by atoms with Gasteiger partial charge in [-0.2, -0.15) is 0 Å². The van der Waals surface area contributed by atoms with E-state index in [4.69, 9.17) is 23.2 Å². The summed E-state index contributed by atoms with van der Waals surface area (Å²) in [5.41, 5.74) is 2.73. The number of hydrogen-bond acceptors (Lipinski definition) is 3. The Hall–Kier alpha value is -1.43. The van der Waals surface area contributed by atoms with Gasteiger partial charge in [0.05, 0.1) is 16.3 Å². The predicted molar refractivity (Wildman–Crippen MR) is 87.8 cm³/mol. The predicted octanol–water partition coefficient (Wildman–Crippen LogP) is 4.03. The molecule has 0 spiro atoms. The molecule has 0 atom stereocenters. The van der Waals surface area contributed by atoms with E-state index in [1.165, 1.54) is 16.3 Å². The highest BCUT2D eigenvalue weighted by Gasteiger charge is 2.12. The van der Waals surface area contributed by atoms with Gasteiger partial charge in [-0.25, -0.2) is 9.50 Å². The van der Waals surface area contributed by atoms with Crippen LogP contribution in [-0.4, -0.2) is 20.9 Å². The zero-order chi connectivity index (χ0) is 15.1. The molecule has 0 saturated heterocycles. The van der Waals surface area contributed by atoms with Crippen molar-refractivity contribution >= 4 is 40.6 Å². The topological polar surface area (TPSA) is 50.2 Å². The highest BCUT2D eigenvalue weighted by molar-refractivity contribution is 7.98. The highest BCUT2D eigenvalue weighted by Crippen LogP contribution is 2.27. The molecule has 7 heteroatoms. The number of fused-ring (bicyclic) bond motifs is 1. The molecule has 1 aromatic carbocycles. The van der Waals surface area contributed by atoms with Gasteiger partial charge >= 0.3 is 0 Å². The van der Waals surface area contributed by atoms with Gasteiger partial charge in [0, 0.05) is 21.7 Å². The van der Waals surface area contributed by atoms with Crippen molar-refractivity contribution in [2.45, 2.75) is 11.8 Å². The van der Waals surface area contributed by atoms with Crippen molar-refractivity contribution in [2.75, 3.05) is 6.26 Å². The zero-order valence-corrected chi connectivity index (χ0v) is 13.6.